The van der Waals surface area contributed by atoms with Crippen LogP contribution in [0.15, 0.2) is 59.8 Å². The van der Waals surface area contributed by atoms with E-state index in [2.05, 4.69) is 62.2 Å². The van der Waals surface area contributed by atoms with E-state index in [9.17, 15) is 9.90 Å². The van der Waals surface area contributed by atoms with Crippen LogP contribution >= 0.6 is 11.8 Å². The van der Waals surface area contributed by atoms with Crippen LogP contribution in [0.25, 0.3) is 10.8 Å². The lowest BCUT2D eigenvalue weighted by Gasteiger charge is -2.31. The van der Waals surface area contributed by atoms with Crippen LogP contribution in [0.5, 0.6) is 0 Å². The van der Waals surface area contributed by atoms with Crippen molar-refractivity contribution in [1.29, 1.82) is 0 Å². The van der Waals surface area contributed by atoms with Gasteiger partial charge in [-0.2, -0.15) is 0 Å². The molecular formula is C23H25NO2S. The number of hydrogen-bond donors (Lipinski definition) is 1. The van der Waals surface area contributed by atoms with E-state index in [1.165, 1.54) is 33.7 Å². The van der Waals surface area contributed by atoms with Crippen LogP contribution in [0.4, 0.5) is 0 Å². The van der Waals surface area contributed by atoms with Gasteiger partial charge in [0.15, 0.2) is 0 Å². The molecule has 0 unspecified atom stereocenters. The second kappa shape index (κ2) is 7.01. The molecule has 2 aromatic carbocycles. The second-order valence-electron chi connectivity index (χ2n) is 7.89. The van der Waals surface area contributed by atoms with Crippen molar-refractivity contribution < 1.29 is 9.90 Å². The van der Waals surface area contributed by atoms with Gasteiger partial charge >= 0.3 is 5.97 Å². The largest absolute Gasteiger partial charge is 0.480 e. The van der Waals surface area contributed by atoms with E-state index >= 15 is 0 Å². The highest BCUT2D eigenvalue weighted by Gasteiger charge is 2.33. The van der Waals surface area contributed by atoms with Crippen molar-refractivity contribution in [3.05, 3.63) is 71.5 Å². The third kappa shape index (κ3) is 3.59. The maximum Gasteiger partial charge on any atom is 0.319 e. The Bertz CT molecular complexity index is 1010. The second-order valence-corrected chi connectivity index (χ2v) is 9.55. The molecule has 3 rings (SSSR count). The molecular weight excluding hydrogens is 354 g/mol. The summed E-state index contributed by atoms with van der Waals surface area (Å²) in [6, 6.07) is 14.7. The number of carbonyl (C=O) groups is 1. The molecule has 3 nitrogen and oxygen atoms in total. The van der Waals surface area contributed by atoms with Gasteiger partial charge in [0.25, 0.3) is 0 Å². The van der Waals surface area contributed by atoms with Crippen molar-refractivity contribution in [3.63, 3.8) is 0 Å². The molecule has 0 aliphatic carbocycles. The molecule has 0 radical (unpaired) electrons. The van der Waals surface area contributed by atoms with Crippen molar-refractivity contribution in [1.82, 2.24) is 4.98 Å². The minimum atomic E-state index is -0.915. The Morgan fingerprint density at radius 2 is 1.63 bits per heavy atom. The van der Waals surface area contributed by atoms with Gasteiger partial charge in [-0.1, -0.05) is 50.2 Å². The Kier molecular flexibility index (Phi) is 5.04. The first-order valence-corrected chi connectivity index (χ1v) is 9.82. The van der Waals surface area contributed by atoms with Crippen molar-refractivity contribution in [2.45, 2.75) is 49.7 Å². The number of hydrogen-bond acceptors (Lipinski definition) is 3. The van der Waals surface area contributed by atoms with Gasteiger partial charge in [0.1, 0.15) is 4.75 Å². The monoisotopic (exact) mass is 379 g/mol. The van der Waals surface area contributed by atoms with Crippen LogP contribution in [0, 0.1) is 6.92 Å². The molecule has 0 aliphatic heterocycles. The molecule has 0 aliphatic rings. The Morgan fingerprint density at radius 3 is 2.30 bits per heavy atom. The summed E-state index contributed by atoms with van der Waals surface area (Å²) in [5.41, 5.74) is 3.18. The molecule has 0 saturated heterocycles. The molecule has 4 heteroatoms. The number of fused-ring (bicyclic) bond motifs is 1. The van der Waals surface area contributed by atoms with Crippen molar-refractivity contribution in [2.24, 2.45) is 0 Å². The van der Waals surface area contributed by atoms with Crippen LogP contribution in [-0.2, 0) is 10.2 Å². The standard InChI is InChI=1S/C23H25NO2S/c1-15-10-11-18(17-9-7-6-8-16(15)17)22(2,3)19-14-24-13-12-20(19)27-23(4,5)21(25)26/h6-14H,1-5H3,(H,25,26). The Balaban J connectivity index is 2.17. The first-order chi connectivity index (χ1) is 12.6. The summed E-state index contributed by atoms with van der Waals surface area (Å²) in [6.45, 7) is 9.95. The van der Waals surface area contributed by atoms with Gasteiger partial charge in [-0.25, -0.2) is 0 Å². The lowest BCUT2D eigenvalue weighted by atomic mass is 9.76. The summed E-state index contributed by atoms with van der Waals surface area (Å²) in [4.78, 5) is 16.9. The SMILES string of the molecule is Cc1ccc(C(C)(C)c2cnccc2SC(C)(C)C(=O)O)c2ccccc12. The highest BCUT2D eigenvalue weighted by atomic mass is 32.2. The lowest BCUT2D eigenvalue weighted by Crippen LogP contribution is -2.28. The van der Waals surface area contributed by atoms with Crippen molar-refractivity contribution >= 4 is 28.5 Å². The Hall–Kier alpha value is -2.33. The van der Waals surface area contributed by atoms with E-state index in [0.717, 1.165) is 10.5 Å². The van der Waals surface area contributed by atoms with E-state index < -0.39 is 10.7 Å². The van der Waals surface area contributed by atoms with Gasteiger partial charge < -0.3 is 5.11 Å². The number of rotatable bonds is 5. The normalized spacial score (nSPS) is 12.3. The molecule has 1 aromatic heterocycles. The number of carboxylic acids is 1. The van der Waals surface area contributed by atoms with E-state index in [-0.39, 0.29) is 5.41 Å². The van der Waals surface area contributed by atoms with Crippen LogP contribution in [0.2, 0.25) is 0 Å². The maximum atomic E-state index is 11.6. The summed E-state index contributed by atoms with van der Waals surface area (Å²) >= 11 is 1.37. The highest BCUT2D eigenvalue weighted by Crippen LogP contribution is 2.43. The zero-order valence-corrected chi connectivity index (χ0v) is 17.2. The molecule has 1 N–H and O–H groups in total. The third-order valence-electron chi connectivity index (χ3n) is 5.15. The Morgan fingerprint density at radius 1 is 0.963 bits per heavy atom. The third-order valence-corrected chi connectivity index (χ3v) is 6.41. The fourth-order valence-corrected chi connectivity index (χ4v) is 4.58. The number of pyridine rings is 1. The van der Waals surface area contributed by atoms with Gasteiger partial charge in [-0.15, -0.1) is 11.8 Å². The molecule has 0 atom stereocenters. The van der Waals surface area contributed by atoms with E-state index in [1.54, 1.807) is 20.0 Å². The molecule has 0 amide bonds. The number of nitrogens with zero attached hydrogens (tertiary/aromatic N) is 1. The van der Waals surface area contributed by atoms with Crippen LogP contribution in [0.3, 0.4) is 0 Å². The first-order valence-electron chi connectivity index (χ1n) is 9.00. The van der Waals surface area contributed by atoms with Crippen LogP contribution in [0.1, 0.15) is 44.4 Å². The minimum Gasteiger partial charge on any atom is -0.480 e. The number of aliphatic carboxylic acids is 1. The average Bonchev–Trinajstić information content (AvgIpc) is 2.62. The molecule has 0 saturated carbocycles. The van der Waals surface area contributed by atoms with Crippen LogP contribution in [-0.4, -0.2) is 20.8 Å². The topological polar surface area (TPSA) is 50.2 Å². The highest BCUT2D eigenvalue weighted by molar-refractivity contribution is 8.01. The smallest absolute Gasteiger partial charge is 0.319 e. The number of aromatic nitrogens is 1. The molecule has 1 heterocycles. The van der Waals surface area contributed by atoms with E-state index in [4.69, 9.17) is 0 Å². The zero-order valence-electron chi connectivity index (χ0n) is 16.4. The van der Waals surface area contributed by atoms with Crippen molar-refractivity contribution in [3.8, 4) is 0 Å². The fourth-order valence-electron chi connectivity index (χ4n) is 3.40. The first kappa shape index (κ1) is 19.4. The van der Waals surface area contributed by atoms with Gasteiger partial charge in [0, 0.05) is 22.7 Å². The van der Waals surface area contributed by atoms with Gasteiger partial charge in [-0.05, 0) is 54.3 Å². The van der Waals surface area contributed by atoms with Gasteiger partial charge in [0.05, 0.1) is 0 Å². The number of thioether (sulfide) groups is 1. The average molecular weight is 380 g/mol. The van der Waals surface area contributed by atoms with Gasteiger partial charge in [0.2, 0.25) is 0 Å². The summed E-state index contributed by atoms with van der Waals surface area (Å²) in [6.07, 6.45) is 3.60. The molecule has 3 aromatic rings. The van der Waals surface area contributed by atoms with Crippen molar-refractivity contribution in [2.75, 3.05) is 0 Å². The zero-order chi connectivity index (χ0) is 19.8. The van der Waals surface area contributed by atoms with E-state index in [0.29, 0.717) is 0 Å². The number of aryl methyl sites for hydroxylation is 1. The molecule has 27 heavy (non-hydrogen) atoms. The maximum absolute atomic E-state index is 11.6. The minimum absolute atomic E-state index is 0.321. The lowest BCUT2D eigenvalue weighted by molar-refractivity contribution is -0.138. The molecule has 0 spiro atoms. The Labute approximate surface area is 164 Å². The quantitative estimate of drug-likeness (QED) is 0.567. The van der Waals surface area contributed by atoms with E-state index in [1.807, 2.05) is 12.3 Å². The molecule has 0 bridgehead atoms. The summed E-state index contributed by atoms with van der Waals surface area (Å²) in [7, 11) is 0. The van der Waals surface area contributed by atoms with Crippen LogP contribution < -0.4 is 0 Å². The molecule has 0 fully saturated rings. The summed E-state index contributed by atoms with van der Waals surface area (Å²) < 4.78 is -0.915. The molecule has 140 valence electrons. The number of carboxylic acid groups (broad SMARTS) is 1. The van der Waals surface area contributed by atoms with Gasteiger partial charge in [-0.3, -0.25) is 9.78 Å². The fraction of sp³-hybridized carbons (Fsp3) is 0.304. The predicted molar refractivity (Wildman–Crippen MR) is 113 cm³/mol. The number of benzene rings is 2. The predicted octanol–water partition coefficient (Wildman–Crippen LogP) is 5.82. The summed E-state index contributed by atoms with van der Waals surface area (Å²) in [5.74, 6) is -0.825. The summed E-state index contributed by atoms with van der Waals surface area (Å²) in [5, 5.41) is 12.0.